The second kappa shape index (κ2) is 13.2. The predicted octanol–water partition coefficient (Wildman–Crippen LogP) is 4.44. The van der Waals surface area contributed by atoms with Gasteiger partial charge in [-0.2, -0.15) is 4.31 Å². The number of rotatable bonds is 11. The van der Waals surface area contributed by atoms with E-state index in [-0.39, 0.29) is 29.7 Å². The van der Waals surface area contributed by atoms with Gasteiger partial charge in [0.1, 0.15) is 6.04 Å². The second-order valence-electron chi connectivity index (χ2n) is 9.72. The molecule has 1 fully saturated rings. The number of nitrogens with one attached hydrogen (secondary N) is 1. The standard InChI is InChI=1S/C30H34ClN3O4S/c1-32-30(36)28(21-24-7-3-2-4-8-24)34(22-25-9-14-26(31)15-10-25)29(35)18-13-23-11-16-27(17-12-23)39(37,38)33-19-5-6-20-33/h2-4,7-12,14-17,28H,5-6,13,18-22H2,1H3,(H,32,36). The van der Waals surface area contributed by atoms with Gasteiger partial charge < -0.3 is 10.2 Å². The number of carbonyl (C=O) groups excluding carboxylic acids is 2. The van der Waals surface area contributed by atoms with E-state index in [0.717, 1.165) is 29.5 Å². The summed E-state index contributed by atoms with van der Waals surface area (Å²) < 4.78 is 27.2. The molecule has 1 N–H and O–H groups in total. The summed E-state index contributed by atoms with van der Waals surface area (Å²) in [5.74, 6) is -0.402. The van der Waals surface area contributed by atoms with Gasteiger partial charge in [0, 0.05) is 44.5 Å². The first-order valence-corrected chi connectivity index (χ1v) is 15.0. The molecule has 0 spiro atoms. The quantitative estimate of drug-likeness (QED) is 0.371. The van der Waals surface area contributed by atoms with Gasteiger partial charge in [0.2, 0.25) is 21.8 Å². The Bertz CT molecular complexity index is 1360. The van der Waals surface area contributed by atoms with E-state index in [1.165, 1.54) is 4.31 Å². The minimum atomic E-state index is -3.49. The Labute approximate surface area is 235 Å². The summed E-state index contributed by atoms with van der Waals surface area (Å²) in [6, 6.07) is 22.9. The molecule has 0 aromatic heterocycles. The van der Waals surface area contributed by atoms with Crippen LogP contribution in [-0.4, -0.2) is 55.6 Å². The summed E-state index contributed by atoms with van der Waals surface area (Å²) in [6.45, 7) is 1.36. The van der Waals surface area contributed by atoms with Crippen LogP contribution in [-0.2, 0) is 39.0 Å². The third-order valence-electron chi connectivity index (χ3n) is 7.04. The predicted molar refractivity (Wildman–Crippen MR) is 153 cm³/mol. The first-order chi connectivity index (χ1) is 18.8. The maximum Gasteiger partial charge on any atom is 0.243 e. The van der Waals surface area contributed by atoms with Gasteiger partial charge >= 0.3 is 0 Å². The number of likely N-dealkylation sites (N-methyl/N-ethyl adjacent to an activating group) is 1. The lowest BCUT2D eigenvalue weighted by molar-refractivity contribution is -0.141. The van der Waals surface area contributed by atoms with Crippen LogP contribution in [0.2, 0.25) is 5.02 Å². The molecule has 1 saturated heterocycles. The fourth-order valence-corrected chi connectivity index (χ4v) is 6.45. The zero-order chi connectivity index (χ0) is 27.8. The highest BCUT2D eigenvalue weighted by Gasteiger charge is 2.30. The average Bonchev–Trinajstić information content (AvgIpc) is 3.51. The molecular weight excluding hydrogens is 534 g/mol. The van der Waals surface area contributed by atoms with Crippen molar-refractivity contribution in [2.75, 3.05) is 20.1 Å². The number of hydrogen-bond acceptors (Lipinski definition) is 4. The Morgan fingerprint density at radius 3 is 2.13 bits per heavy atom. The Morgan fingerprint density at radius 2 is 1.51 bits per heavy atom. The van der Waals surface area contributed by atoms with Crippen molar-refractivity contribution >= 4 is 33.4 Å². The number of hydrogen-bond donors (Lipinski definition) is 1. The van der Waals surface area contributed by atoms with E-state index < -0.39 is 16.1 Å². The molecule has 1 atom stereocenters. The largest absolute Gasteiger partial charge is 0.357 e. The van der Waals surface area contributed by atoms with Crippen molar-refractivity contribution in [3.63, 3.8) is 0 Å². The summed E-state index contributed by atoms with van der Waals surface area (Å²) in [4.78, 5) is 28.6. The van der Waals surface area contributed by atoms with Crippen molar-refractivity contribution in [1.29, 1.82) is 0 Å². The highest BCUT2D eigenvalue weighted by Crippen LogP contribution is 2.22. The molecule has 0 aliphatic carbocycles. The monoisotopic (exact) mass is 567 g/mol. The SMILES string of the molecule is CNC(=O)C(Cc1ccccc1)N(Cc1ccc(Cl)cc1)C(=O)CCc1ccc(S(=O)(=O)N2CCCC2)cc1. The molecule has 7 nitrogen and oxygen atoms in total. The fourth-order valence-electron chi connectivity index (χ4n) is 4.81. The summed E-state index contributed by atoms with van der Waals surface area (Å²) in [5, 5.41) is 3.31. The molecule has 1 unspecified atom stereocenters. The number of halogens is 1. The van der Waals surface area contributed by atoms with Crippen LogP contribution in [0.25, 0.3) is 0 Å². The molecule has 3 aromatic carbocycles. The Hall–Kier alpha value is -3.20. The van der Waals surface area contributed by atoms with E-state index in [4.69, 9.17) is 11.6 Å². The minimum absolute atomic E-state index is 0.164. The molecule has 2 amide bonds. The molecule has 1 aliphatic rings. The third kappa shape index (κ3) is 7.47. The van der Waals surface area contributed by atoms with Crippen molar-refractivity contribution in [3.8, 4) is 0 Å². The van der Waals surface area contributed by atoms with Gasteiger partial charge in [-0.25, -0.2) is 8.42 Å². The molecule has 1 heterocycles. The van der Waals surface area contributed by atoms with Gasteiger partial charge in [0.05, 0.1) is 4.90 Å². The van der Waals surface area contributed by atoms with E-state index in [2.05, 4.69) is 5.32 Å². The van der Waals surface area contributed by atoms with Gasteiger partial charge in [0.15, 0.2) is 0 Å². The number of carbonyl (C=O) groups is 2. The number of amides is 2. The van der Waals surface area contributed by atoms with Crippen molar-refractivity contribution < 1.29 is 18.0 Å². The molecule has 0 saturated carbocycles. The summed E-state index contributed by atoms with van der Waals surface area (Å²) in [7, 11) is -1.91. The maximum absolute atomic E-state index is 13.7. The molecule has 4 rings (SSSR count). The first kappa shape index (κ1) is 28.8. The molecule has 0 radical (unpaired) electrons. The zero-order valence-electron chi connectivity index (χ0n) is 22.1. The summed E-state index contributed by atoms with van der Waals surface area (Å²) >= 11 is 6.06. The van der Waals surface area contributed by atoms with Crippen molar-refractivity contribution in [2.45, 2.75) is 49.6 Å². The molecule has 206 valence electrons. The number of sulfonamides is 1. The Balaban J connectivity index is 1.52. The van der Waals surface area contributed by atoms with Crippen LogP contribution < -0.4 is 5.32 Å². The molecule has 3 aromatic rings. The average molecular weight is 568 g/mol. The molecule has 39 heavy (non-hydrogen) atoms. The smallest absolute Gasteiger partial charge is 0.243 e. The normalized spacial score (nSPS) is 14.6. The van der Waals surface area contributed by atoms with Crippen LogP contribution in [0.4, 0.5) is 0 Å². The van der Waals surface area contributed by atoms with Gasteiger partial charge in [-0.3, -0.25) is 9.59 Å². The lowest BCUT2D eigenvalue weighted by Gasteiger charge is -2.31. The molecule has 9 heteroatoms. The first-order valence-electron chi connectivity index (χ1n) is 13.2. The van der Waals surface area contributed by atoms with Gasteiger partial charge in [0.25, 0.3) is 0 Å². The van der Waals surface area contributed by atoms with Crippen LogP contribution in [0.3, 0.4) is 0 Å². The maximum atomic E-state index is 13.7. The topological polar surface area (TPSA) is 86.8 Å². The second-order valence-corrected chi connectivity index (χ2v) is 12.1. The van der Waals surface area contributed by atoms with Crippen molar-refractivity contribution in [2.24, 2.45) is 0 Å². The van der Waals surface area contributed by atoms with E-state index in [9.17, 15) is 18.0 Å². The number of aryl methyl sites for hydroxylation is 1. The lowest BCUT2D eigenvalue weighted by Crippen LogP contribution is -2.49. The van der Waals surface area contributed by atoms with Crippen LogP contribution in [0.5, 0.6) is 0 Å². The van der Waals surface area contributed by atoms with E-state index in [1.807, 2.05) is 42.5 Å². The van der Waals surface area contributed by atoms with E-state index >= 15 is 0 Å². The van der Waals surface area contributed by atoms with Gasteiger partial charge in [-0.15, -0.1) is 0 Å². The third-order valence-corrected chi connectivity index (χ3v) is 9.20. The molecular formula is C30H34ClN3O4S. The highest BCUT2D eigenvalue weighted by atomic mass is 35.5. The van der Waals surface area contributed by atoms with Crippen LogP contribution >= 0.6 is 11.6 Å². The number of nitrogens with zero attached hydrogens (tertiary/aromatic N) is 2. The van der Waals surface area contributed by atoms with Crippen molar-refractivity contribution in [1.82, 2.24) is 14.5 Å². The van der Waals surface area contributed by atoms with E-state index in [1.54, 1.807) is 48.3 Å². The molecule has 0 bridgehead atoms. The summed E-state index contributed by atoms with van der Waals surface area (Å²) in [5.41, 5.74) is 2.68. The van der Waals surface area contributed by atoms with Crippen LogP contribution in [0.15, 0.2) is 83.8 Å². The lowest BCUT2D eigenvalue weighted by atomic mass is 10.0. The number of benzene rings is 3. The minimum Gasteiger partial charge on any atom is -0.357 e. The Morgan fingerprint density at radius 1 is 0.897 bits per heavy atom. The fraction of sp³-hybridized carbons (Fsp3) is 0.333. The van der Waals surface area contributed by atoms with Gasteiger partial charge in [-0.1, -0.05) is 66.2 Å². The summed E-state index contributed by atoms with van der Waals surface area (Å²) in [6.07, 6.45) is 2.74. The van der Waals surface area contributed by atoms with Crippen LogP contribution in [0, 0.1) is 0 Å². The Kier molecular flexibility index (Phi) is 9.78. The molecule has 1 aliphatic heterocycles. The van der Waals surface area contributed by atoms with Crippen LogP contribution in [0.1, 0.15) is 36.0 Å². The zero-order valence-corrected chi connectivity index (χ0v) is 23.6. The van der Waals surface area contributed by atoms with Gasteiger partial charge in [-0.05, 0) is 60.2 Å². The van der Waals surface area contributed by atoms with Crippen molar-refractivity contribution in [3.05, 3.63) is 101 Å². The highest BCUT2D eigenvalue weighted by molar-refractivity contribution is 7.89. The van der Waals surface area contributed by atoms with E-state index in [0.29, 0.717) is 31.0 Å².